The molecule has 0 bridgehead atoms. The SMILES string of the molecule is COc1cc(N)ccc1OCc1ccccc1Cl. The van der Waals surface area contributed by atoms with Crippen LogP contribution in [0.25, 0.3) is 0 Å². The first-order valence-corrected chi connectivity index (χ1v) is 5.88. The van der Waals surface area contributed by atoms with Gasteiger partial charge in [0.25, 0.3) is 0 Å². The second-order valence-electron chi connectivity index (χ2n) is 3.79. The summed E-state index contributed by atoms with van der Waals surface area (Å²) in [6, 6.07) is 12.8. The number of hydrogen-bond donors (Lipinski definition) is 1. The lowest BCUT2D eigenvalue weighted by Crippen LogP contribution is -1.99. The van der Waals surface area contributed by atoms with E-state index >= 15 is 0 Å². The molecule has 0 aliphatic rings. The Kier molecular flexibility index (Phi) is 3.95. The van der Waals surface area contributed by atoms with E-state index in [0.29, 0.717) is 28.8 Å². The monoisotopic (exact) mass is 263 g/mol. The van der Waals surface area contributed by atoms with Crippen LogP contribution in [0.4, 0.5) is 5.69 Å². The number of halogens is 1. The van der Waals surface area contributed by atoms with E-state index in [1.807, 2.05) is 24.3 Å². The topological polar surface area (TPSA) is 44.5 Å². The number of nitrogens with two attached hydrogens (primary N) is 1. The molecule has 0 saturated heterocycles. The predicted molar refractivity (Wildman–Crippen MR) is 73.2 cm³/mol. The largest absolute Gasteiger partial charge is 0.493 e. The number of methoxy groups -OCH3 is 1. The summed E-state index contributed by atoms with van der Waals surface area (Å²) < 4.78 is 10.9. The molecular weight excluding hydrogens is 250 g/mol. The maximum atomic E-state index is 6.06. The minimum atomic E-state index is 0.389. The molecule has 3 nitrogen and oxygen atoms in total. The predicted octanol–water partition coefficient (Wildman–Crippen LogP) is 3.51. The van der Waals surface area contributed by atoms with Crippen LogP contribution in [-0.2, 0) is 6.61 Å². The lowest BCUT2D eigenvalue weighted by Gasteiger charge is -2.11. The summed E-state index contributed by atoms with van der Waals surface area (Å²) in [6.45, 7) is 0.389. The van der Waals surface area contributed by atoms with Gasteiger partial charge in [-0.05, 0) is 18.2 Å². The van der Waals surface area contributed by atoms with Gasteiger partial charge in [-0.25, -0.2) is 0 Å². The molecule has 18 heavy (non-hydrogen) atoms. The Labute approximate surface area is 111 Å². The van der Waals surface area contributed by atoms with Crippen LogP contribution < -0.4 is 15.2 Å². The normalized spacial score (nSPS) is 10.1. The van der Waals surface area contributed by atoms with Crippen LogP contribution in [-0.4, -0.2) is 7.11 Å². The van der Waals surface area contributed by atoms with Gasteiger partial charge in [0, 0.05) is 22.3 Å². The van der Waals surface area contributed by atoms with Gasteiger partial charge in [0.2, 0.25) is 0 Å². The second-order valence-corrected chi connectivity index (χ2v) is 4.20. The van der Waals surface area contributed by atoms with Gasteiger partial charge in [0.15, 0.2) is 11.5 Å². The summed E-state index contributed by atoms with van der Waals surface area (Å²) in [4.78, 5) is 0. The van der Waals surface area contributed by atoms with Crippen LogP contribution in [0, 0.1) is 0 Å². The van der Waals surface area contributed by atoms with Gasteiger partial charge in [-0.1, -0.05) is 29.8 Å². The van der Waals surface area contributed by atoms with E-state index < -0.39 is 0 Å². The van der Waals surface area contributed by atoms with Gasteiger partial charge in [0.05, 0.1) is 7.11 Å². The molecule has 0 saturated carbocycles. The molecule has 0 atom stereocenters. The van der Waals surface area contributed by atoms with Crippen molar-refractivity contribution in [2.75, 3.05) is 12.8 Å². The van der Waals surface area contributed by atoms with E-state index in [1.54, 1.807) is 25.3 Å². The summed E-state index contributed by atoms with van der Waals surface area (Å²) in [7, 11) is 1.58. The molecule has 0 fully saturated rings. The maximum absolute atomic E-state index is 6.06. The molecule has 2 aromatic rings. The van der Waals surface area contributed by atoms with E-state index in [1.165, 1.54) is 0 Å². The highest BCUT2D eigenvalue weighted by Crippen LogP contribution is 2.30. The Hall–Kier alpha value is -1.87. The Balaban J connectivity index is 2.13. The van der Waals surface area contributed by atoms with E-state index in [4.69, 9.17) is 26.8 Å². The fourth-order valence-corrected chi connectivity index (χ4v) is 1.76. The third kappa shape index (κ3) is 2.87. The van der Waals surface area contributed by atoms with Crippen LogP contribution in [0.5, 0.6) is 11.5 Å². The zero-order valence-electron chi connectivity index (χ0n) is 10.0. The van der Waals surface area contributed by atoms with Crippen LogP contribution in [0.3, 0.4) is 0 Å². The molecule has 0 unspecified atom stereocenters. The number of ether oxygens (including phenoxy) is 2. The first kappa shape index (κ1) is 12.6. The number of nitrogen functional groups attached to an aromatic ring is 1. The number of rotatable bonds is 4. The van der Waals surface area contributed by atoms with Gasteiger partial charge >= 0.3 is 0 Å². The zero-order chi connectivity index (χ0) is 13.0. The molecule has 2 aromatic carbocycles. The standard InChI is InChI=1S/C14H14ClNO2/c1-17-14-8-11(16)6-7-13(14)18-9-10-4-2-3-5-12(10)15/h2-8H,9,16H2,1H3. The highest BCUT2D eigenvalue weighted by molar-refractivity contribution is 6.31. The van der Waals surface area contributed by atoms with Crippen molar-refractivity contribution in [2.45, 2.75) is 6.61 Å². The van der Waals surface area contributed by atoms with Gasteiger partial charge in [-0.2, -0.15) is 0 Å². The quantitative estimate of drug-likeness (QED) is 0.859. The lowest BCUT2D eigenvalue weighted by molar-refractivity contribution is 0.284. The van der Waals surface area contributed by atoms with Crippen LogP contribution in [0.2, 0.25) is 5.02 Å². The third-order valence-electron chi connectivity index (χ3n) is 2.53. The number of hydrogen-bond acceptors (Lipinski definition) is 3. The van der Waals surface area contributed by atoms with E-state index in [-0.39, 0.29) is 0 Å². The smallest absolute Gasteiger partial charge is 0.162 e. The molecular formula is C14H14ClNO2. The highest BCUT2D eigenvalue weighted by Gasteiger charge is 2.06. The average molecular weight is 264 g/mol. The van der Waals surface area contributed by atoms with Crippen LogP contribution >= 0.6 is 11.6 Å². The molecule has 0 heterocycles. The lowest BCUT2D eigenvalue weighted by atomic mass is 10.2. The highest BCUT2D eigenvalue weighted by atomic mass is 35.5. The summed E-state index contributed by atoms with van der Waals surface area (Å²) in [6.07, 6.45) is 0. The van der Waals surface area contributed by atoms with E-state index in [0.717, 1.165) is 5.56 Å². The molecule has 2 N–H and O–H groups in total. The molecule has 0 aliphatic carbocycles. The van der Waals surface area contributed by atoms with Gasteiger partial charge in [-0.3, -0.25) is 0 Å². The molecule has 0 amide bonds. The van der Waals surface area contributed by atoms with E-state index in [2.05, 4.69) is 0 Å². The maximum Gasteiger partial charge on any atom is 0.162 e. The second kappa shape index (κ2) is 5.65. The van der Waals surface area contributed by atoms with Crippen molar-refractivity contribution in [3.63, 3.8) is 0 Å². The molecule has 0 radical (unpaired) electrons. The molecule has 0 aromatic heterocycles. The van der Waals surface area contributed by atoms with Crippen molar-refractivity contribution in [1.29, 1.82) is 0 Å². The first-order chi connectivity index (χ1) is 8.70. The molecule has 4 heteroatoms. The molecule has 94 valence electrons. The Morgan fingerprint density at radius 2 is 1.89 bits per heavy atom. The average Bonchev–Trinajstić information content (AvgIpc) is 2.39. The van der Waals surface area contributed by atoms with Crippen LogP contribution in [0.1, 0.15) is 5.56 Å². The molecule has 0 aliphatic heterocycles. The summed E-state index contributed by atoms with van der Waals surface area (Å²) in [5.74, 6) is 1.26. The van der Waals surface area contributed by atoms with Crippen molar-refractivity contribution in [2.24, 2.45) is 0 Å². The van der Waals surface area contributed by atoms with Crippen molar-refractivity contribution in [3.05, 3.63) is 53.1 Å². The first-order valence-electron chi connectivity index (χ1n) is 5.50. The zero-order valence-corrected chi connectivity index (χ0v) is 10.8. The molecule has 0 spiro atoms. The van der Waals surface area contributed by atoms with Crippen molar-refractivity contribution < 1.29 is 9.47 Å². The van der Waals surface area contributed by atoms with Crippen LogP contribution in [0.15, 0.2) is 42.5 Å². The third-order valence-corrected chi connectivity index (χ3v) is 2.90. The summed E-state index contributed by atoms with van der Waals surface area (Å²) in [5.41, 5.74) is 7.24. The van der Waals surface area contributed by atoms with Gasteiger partial charge < -0.3 is 15.2 Å². The summed E-state index contributed by atoms with van der Waals surface area (Å²) in [5, 5.41) is 0.687. The Morgan fingerprint density at radius 3 is 2.61 bits per heavy atom. The summed E-state index contributed by atoms with van der Waals surface area (Å²) >= 11 is 6.06. The van der Waals surface area contributed by atoms with Crippen molar-refractivity contribution in [1.82, 2.24) is 0 Å². The minimum Gasteiger partial charge on any atom is -0.493 e. The Morgan fingerprint density at radius 1 is 1.11 bits per heavy atom. The fraction of sp³-hybridized carbons (Fsp3) is 0.143. The van der Waals surface area contributed by atoms with Gasteiger partial charge in [0.1, 0.15) is 6.61 Å². The van der Waals surface area contributed by atoms with Crippen molar-refractivity contribution in [3.8, 4) is 11.5 Å². The minimum absolute atomic E-state index is 0.389. The van der Waals surface area contributed by atoms with E-state index in [9.17, 15) is 0 Å². The number of anilines is 1. The van der Waals surface area contributed by atoms with Gasteiger partial charge in [-0.15, -0.1) is 0 Å². The number of benzene rings is 2. The molecule has 2 rings (SSSR count). The fourth-order valence-electron chi connectivity index (χ4n) is 1.57. The van der Waals surface area contributed by atoms with Crippen molar-refractivity contribution >= 4 is 17.3 Å². The Bertz CT molecular complexity index is 543.